The van der Waals surface area contributed by atoms with Crippen molar-refractivity contribution in [1.82, 2.24) is 0 Å². The second-order valence-electron chi connectivity index (χ2n) is 7.19. The lowest BCUT2D eigenvalue weighted by Gasteiger charge is -2.40. The van der Waals surface area contributed by atoms with Crippen molar-refractivity contribution < 1.29 is 4.43 Å². The molecule has 104 valence electrons. The van der Waals surface area contributed by atoms with Crippen molar-refractivity contribution in [3.8, 4) is 6.07 Å². The summed E-state index contributed by atoms with van der Waals surface area (Å²) in [5, 5.41) is 9.29. The van der Waals surface area contributed by atoms with Crippen LogP contribution in [0.1, 0.15) is 59.3 Å². The second-order valence-corrected chi connectivity index (χ2v) is 11.9. The van der Waals surface area contributed by atoms with E-state index in [0.717, 1.165) is 38.5 Å². The summed E-state index contributed by atoms with van der Waals surface area (Å²) >= 11 is 0. The van der Waals surface area contributed by atoms with Crippen LogP contribution in [0.5, 0.6) is 0 Å². The molecule has 0 N–H and O–H groups in total. The molecule has 0 heterocycles. The maximum Gasteiger partial charge on any atom is 0.192 e. The Bertz CT molecular complexity index is 291. The smallest absolute Gasteiger partial charge is 0.192 e. The molecule has 0 aromatic heterocycles. The molecule has 0 aromatic carbocycles. The lowest BCUT2D eigenvalue weighted by Crippen LogP contribution is -2.44. The van der Waals surface area contributed by atoms with Gasteiger partial charge in [0.15, 0.2) is 8.32 Å². The van der Waals surface area contributed by atoms with Crippen LogP contribution in [0.15, 0.2) is 0 Å². The fourth-order valence-electron chi connectivity index (χ4n) is 2.31. The Balaban J connectivity index is 2.52. The van der Waals surface area contributed by atoms with Gasteiger partial charge in [-0.2, -0.15) is 5.26 Å². The van der Waals surface area contributed by atoms with E-state index in [0.29, 0.717) is 17.1 Å². The SMILES string of the molecule is CC(C)(C)[Si](C)(C)OC1CCCC(C#N)CCC1. The van der Waals surface area contributed by atoms with Crippen LogP contribution in [0.2, 0.25) is 18.1 Å². The van der Waals surface area contributed by atoms with Crippen LogP contribution >= 0.6 is 0 Å². The largest absolute Gasteiger partial charge is 0.414 e. The molecule has 1 aliphatic carbocycles. The zero-order chi connectivity index (χ0) is 13.8. The predicted octanol–water partition coefficient (Wildman–Crippen LogP) is 4.87. The van der Waals surface area contributed by atoms with E-state index in [1.807, 2.05) is 0 Å². The van der Waals surface area contributed by atoms with Crippen molar-refractivity contribution >= 4 is 8.32 Å². The number of nitriles is 1. The molecule has 0 unspecified atom stereocenters. The van der Waals surface area contributed by atoms with Crippen molar-refractivity contribution in [3.63, 3.8) is 0 Å². The van der Waals surface area contributed by atoms with Gasteiger partial charge >= 0.3 is 0 Å². The quantitative estimate of drug-likeness (QED) is 0.669. The maximum atomic E-state index is 8.99. The summed E-state index contributed by atoms with van der Waals surface area (Å²) in [6, 6.07) is 2.43. The summed E-state index contributed by atoms with van der Waals surface area (Å²) in [7, 11) is -1.62. The van der Waals surface area contributed by atoms with E-state index >= 15 is 0 Å². The highest BCUT2D eigenvalue weighted by molar-refractivity contribution is 6.74. The molecule has 0 aliphatic heterocycles. The van der Waals surface area contributed by atoms with Crippen LogP contribution in [-0.4, -0.2) is 14.4 Å². The topological polar surface area (TPSA) is 33.0 Å². The van der Waals surface area contributed by atoms with Gasteiger partial charge in [0, 0.05) is 12.0 Å². The first-order chi connectivity index (χ1) is 8.26. The van der Waals surface area contributed by atoms with Gasteiger partial charge in [-0.15, -0.1) is 0 Å². The van der Waals surface area contributed by atoms with Crippen LogP contribution in [-0.2, 0) is 4.43 Å². The van der Waals surface area contributed by atoms with Crippen LogP contribution in [0.25, 0.3) is 0 Å². The monoisotopic (exact) mass is 267 g/mol. The van der Waals surface area contributed by atoms with Gasteiger partial charge in [-0.25, -0.2) is 0 Å². The van der Waals surface area contributed by atoms with Gasteiger partial charge in [0.1, 0.15) is 0 Å². The van der Waals surface area contributed by atoms with E-state index in [-0.39, 0.29) is 0 Å². The average Bonchev–Trinajstić information content (AvgIpc) is 2.20. The lowest BCUT2D eigenvalue weighted by atomic mass is 9.91. The van der Waals surface area contributed by atoms with Gasteiger partial charge in [0.05, 0.1) is 6.07 Å². The van der Waals surface area contributed by atoms with E-state index < -0.39 is 8.32 Å². The van der Waals surface area contributed by atoms with Crippen molar-refractivity contribution in [3.05, 3.63) is 0 Å². The van der Waals surface area contributed by atoms with Crippen molar-refractivity contribution in [1.29, 1.82) is 5.26 Å². The Hall–Kier alpha value is -0.333. The van der Waals surface area contributed by atoms with E-state index in [1.165, 1.54) is 0 Å². The zero-order valence-electron chi connectivity index (χ0n) is 12.8. The molecule has 3 heteroatoms. The summed E-state index contributed by atoms with van der Waals surface area (Å²) in [5.74, 6) is 0.291. The number of rotatable bonds is 2. The number of hydrogen-bond acceptors (Lipinski definition) is 2. The van der Waals surface area contributed by atoms with Gasteiger partial charge in [-0.1, -0.05) is 20.8 Å². The van der Waals surface area contributed by atoms with Gasteiger partial charge in [-0.3, -0.25) is 0 Å². The number of hydrogen-bond donors (Lipinski definition) is 0. The van der Waals surface area contributed by atoms with Gasteiger partial charge < -0.3 is 4.43 Å². The standard InChI is InChI=1S/C15H29NOSi/c1-15(2,3)18(4,5)17-14-10-6-8-13(12-16)9-7-11-14/h13-14H,6-11H2,1-5H3. The van der Waals surface area contributed by atoms with Crippen LogP contribution in [0.4, 0.5) is 0 Å². The molecule has 0 amide bonds. The lowest BCUT2D eigenvalue weighted by molar-refractivity contribution is 0.145. The van der Waals surface area contributed by atoms with Gasteiger partial charge in [-0.05, 0) is 56.7 Å². The molecule has 0 aromatic rings. The molecule has 0 radical (unpaired) electrons. The minimum Gasteiger partial charge on any atom is -0.414 e. The summed E-state index contributed by atoms with van der Waals surface area (Å²) in [6.07, 6.45) is 7.15. The van der Waals surface area contributed by atoms with Gasteiger partial charge in [0.2, 0.25) is 0 Å². The number of nitrogens with zero attached hydrogens (tertiary/aromatic N) is 1. The predicted molar refractivity (Wildman–Crippen MR) is 78.9 cm³/mol. The van der Waals surface area contributed by atoms with Gasteiger partial charge in [0.25, 0.3) is 0 Å². The molecule has 0 spiro atoms. The zero-order valence-corrected chi connectivity index (χ0v) is 13.8. The fourth-order valence-corrected chi connectivity index (χ4v) is 3.74. The maximum absolute atomic E-state index is 8.99. The molecule has 0 atom stereocenters. The second kappa shape index (κ2) is 6.21. The summed E-state index contributed by atoms with van der Waals surface area (Å²) < 4.78 is 6.50. The minimum absolute atomic E-state index is 0.291. The Morgan fingerprint density at radius 1 is 1.06 bits per heavy atom. The Kier molecular flexibility index (Phi) is 5.42. The Morgan fingerprint density at radius 2 is 1.56 bits per heavy atom. The third-order valence-electron chi connectivity index (χ3n) is 4.61. The molecule has 2 nitrogen and oxygen atoms in total. The minimum atomic E-state index is -1.62. The van der Waals surface area contributed by atoms with E-state index in [1.54, 1.807) is 0 Å². The Morgan fingerprint density at radius 3 is 1.94 bits per heavy atom. The van der Waals surface area contributed by atoms with Crippen LogP contribution < -0.4 is 0 Å². The fraction of sp³-hybridized carbons (Fsp3) is 0.933. The first kappa shape index (κ1) is 15.7. The highest BCUT2D eigenvalue weighted by Gasteiger charge is 2.39. The van der Waals surface area contributed by atoms with Crippen molar-refractivity contribution in [2.45, 2.75) is 83.5 Å². The summed E-state index contributed by atoms with van der Waals surface area (Å²) in [5.41, 5.74) is 0. The third-order valence-corrected chi connectivity index (χ3v) is 9.14. The first-order valence-electron chi connectivity index (χ1n) is 7.34. The van der Waals surface area contributed by atoms with Crippen LogP contribution in [0.3, 0.4) is 0 Å². The summed E-state index contributed by atoms with van der Waals surface area (Å²) in [4.78, 5) is 0. The van der Waals surface area contributed by atoms with E-state index in [2.05, 4.69) is 39.9 Å². The molecular formula is C15H29NOSi. The molecule has 0 bridgehead atoms. The molecule has 1 aliphatic rings. The summed E-state index contributed by atoms with van der Waals surface area (Å²) in [6.45, 7) is 11.6. The van der Waals surface area contributed by atoms with E-state index in [4.69, 9.17) is 9.69 Å². The van der Waals surface area contributed by atoms with Crippen molar-refractivity contribution in [2.75, 3.05) is 0 Å². The molecule has 0 saturated heterocycles. The highest BCUT2D eigenvalue weighted by Crippen LogP contribution is 2.38. The first-order valence-corrected chi connectivity index (χ1v) is 10.2. The van der Waals surface area contributed by atoms with E-state index in [9.17, 15) is 0 Å². The highest BCUT2D eigenvalue weighted by atomic mass is 28.4. The normalized spacial score (nSPS) is 27.1. The molecule has 1 fully saturated rings. The van der Waals surface area contributed by atoms with Crippen LogP contribution in [0, 0.1) is 17.2 Å². The molecule has 1 saturated carbocycles. The Labute approximate surface area is 114 Å². The molecule has 1 rings (SSSR count). The third kappa shape index (κ3) is 4.40. The average molecular weight is 267 g/mol. The molecular weight excluding hydrogens is 238 g/mol. The molecule has 18 heavy (non-hydrogen) atoms. The van der Waals surface area contributed by atoms with Crippen molar-refractivity contribution in [2.24, 2.45) is 5.92 Å².